The van der Waals surface area contributed by atoms with Crippen molar-refractivity contribution in [3.63, 3.8) is 0 Å². The fraction of sp³-hybridized carbons (Fsp3) is 0.857. The van der Waals surface area contributed by atoms with E-state index in [9.17, 15) is 9.59 Å². The first kappa shape index (κ1) is 14.2. The Morgan fingerprint density at radius 1 is 1.26 bits per heavy atom. The van der Waals surface area contributed by atoms with Crippen LogP contribution in [-0.2, 0) is 4.79 Å². The Kier molecular flexibility index (Phi) is 5.05. The molecule has 1 saturated carbocycles. The van der Waals surface area contributed by atoms with E-state index in [1.807, 2.05) is 4.90 Å². The molecule has 1 heterocycles. The van der Waals surface area contributed by atoms with E-state index in [2.05, 4.69) is 17.6 Å². The Morgan fingerprint density at radius 3 is 2.74 bits per heavy atom. The molecule has 1 atom stereocenters. The number of piperidine rings is 1. The van der Waals surface area contributed by atoms with Gasteiger partial charge in [0.25, 0.3) is 0 Å². The van der Waals surface area contributed by atoms with Gasteiger partial charge in [-0.1, -0.05) is 6.92 Å². The van der Waals surface area contributed by atoms with Crippen LogP contribution < -0.4 is 10.6 Å². The molecule has 2 N–H and O–H groups in total. The molecule has 2 aliphatic rings. The zero-order chi connectivity index (χ0) is 13.7. The lowest BCUT2D eigenvalue weighted by molar-refractivity contribution is -0.121. The summed E-state index contributed by atoms with van der Waals surface area (Å²) >= 11 is 0. The predicted molar refractivity (Wildman–Crippen MR) is 73.8 cm³/mol. The third kappa shape index (κ3) is 5.09. The summed E-state index contributed by atoms with van der Waals surface area (Å²) in [4.78, 5) is 25.2. The lowest BCUT2D eigenvalue weighted by Gasteiger charge is -2.30. The Labute approximate surface area is 115 Å². The van der Waals surface area contributed by atoms with Crippen molar-refractivity contribution in [1.29, 1.82) is 0 Å². The predicted octanol–water partition coefficient (Wildman–Crippen LogP) is 1.49. The molecular formula is C14H25N3O2. The highest BCUT2D eigenvalue weighted by atomic mass is 16.2. The smallest absolute Gasteiger partial charge is 0.317 e. The van der Waals surface area contributed by atoms with Crippen molar-refractivity contribution in [3.8, 4) is 0 Å². The summed E-state index contributed by atoms with van der Waals surface area (Å²) in [5.74, 6) is 0.715. The highest BCUT2D eigenvalue weighted by Gasteiger charge is 2.23. The van der Waals surface area contributed by atoms with Crippen LogP contribution in [0.25, 0.3) is 0 Å². The van der Waals surface area contributed by atoms with Gasteiger partial charge >= 0.3 is 6.03 Å². The van der Waals surface area contributed by atoms with E-state index >= 15 is 0 Å². The zero-order valence-corrected chi connectivity index (χ0v) is 11.8. The number of hydrogen-bond acceptors (Lipinski definition) is 2. The number of hydrogen-bond donors (Lipinski definition) is 2. The molecule has 0 aromatic heterocycles. The minimum absolute atomic E-state index is 0.0224. The fourth-order valence-corrected chi connectivity index (χ4v) is 2.46. The SMILES string of the molecule is CC1CCCN(C(=O)NCCCC(=O)NC2CC2)C1. The summed E-state index contributed by atoms with van der Waals surface area (Å²) in [6.45, 7) is 4.48. The van der Waals surface area contributed by atoms with Gasteiger partial charge in [0.15, 0.2) is 0 Å². The number of amides is 3. The number of carbonyl (C=O) groups is 2. The molecule has 0 spiro atoms. The Morgan fingerprint density at radius 2 is 2.05 bits per heavy atom. The molecule has 2 fully saturated rings. The summed E-state index contributed by atoms with van der Waals surface area (Å²) in [6.07, 6.45) is 5.77. The third-order valence-corrected chi connectivity index (χ3v) is 3.74. The Bertz CT molecular complexity index is 329. The van der Waals surface area contributed by atoms with Crippen LogP contribution in [0.15, 0.2) is 0 Å². The van der Waals surface area contributed by atoms with E-state index in [0.29, 0.717) is 31.3 Å². The maximum absolute atomic E-state index is 11.9. The summed E-state index contributed by atoms with van der Waals surface area (Å²) in [5, 5.41) is 5.85. The van der Waals surface area contributed by atoms with Crippen LogP contribution in [0.5, 0.6) is 0 Å². The van der Waals surface area contributed by atoms with Gasteiger partial charge < -0.3 is 15.5 Å². The van der Waals surface area contributed by atoms with Crippen molar-refractivity contribution in [1.82, 2.24) is 15.5 Å². The van der Waals surface area contributed by atoms with Gasteiger partial charge in [-0.25, -0.2) is 4.79 Å². The number of carbonyl (C=O) groups excluding carboxylic acids is 2. The second-order valence-corrected chi connectivity index (χ2v) is 5.87. The summed E-state index contributed by atoms with van der Waals surface area (Å²) in [6, 6.07) is 0.450. The van der Waals surface area contributed by atoms with Gasteiger partial charge in [0.1, 0.15) is 0 Å². The topological polar surface area (TPSA) is 61.4 Å². The molecule has 0 aromatic carbocycles. The highest BCUT2D eigenvalue weighted by molar-refractivity contribution is 5.77. The maximum atomic E-state index is 11.9. The fourth-order valence-electron chi connectivity index (χ4n) is 2.46. The summed E-state index contributed by atoms with van der Waals surface area (Å²) < 4.78 is 0. The van der Waals surface area contributed by atoms with Crippen molar-refractivity contribution < 1.29 is 9.59 Å². The first-order valence-corrected chi connectivity index (χ1v) is 7.47. The van der Waals surface area contributed by atoms with Crippen molar-refractivity contribution in [2.24, 2.45) is 5.92 Å². The van der Waals surface area contributed by atoms with Crippen molar-refractivity contribution >= 4 is 11.9 Å². The van der Waals surface area contributed by atoms with Crippen LogP contribution in [0.1, 0.15) is 45.4 Å². The van der Waals surface area contributed by atoms with Crippen LogP contribution in [0.4, 0.5) is 4.79 Å². The molecule has 1 aliphatic heterocycles. The van der Waals surface area contributed by atoms with Gasteiger partial charge in [0, 0.05) is 32.1 Å². The zero-order valence-electron chi connectivity index (χ0n) is 11.8. The van der Waals surface area contributed by atoms with Crippen LogP contribution in [0.3, 0.4) is 0 Å². The van der Waals surface area contributed by atoms with Gasteiger partial charge in [-0.2, -0.15) is 0 Å². The standard InChI is InChI=1S/C14H25N3O2/c1-11-4-3-9-17(10-11)14(19)15-8-2-5-13(18)16-12-6-7-12/h11-12H,2-10H2,1H3,(H,15,19)(H,16,18). The van der Waals surface area contributed by atoms with Gasteiger partial charge in [-0.05, 0) is 38.0 Å². The number of likely N-dealkylation sites (tertiary alicyclic amines) is 1. The average molecular weight is 267 g/mol. The molecule has 5 heteroatoms. The molecule has 108 valence electrons. The normalized spacial score (nSPS) is 23.0. The van der Waals surface area contributed by atoms with Crippen molar-refractivity contribution in [3.05, 3.63) is 0 Å². The molecule has 0 aromatic rings. The van der Waals surface area contributed by atoms with E-state index in [1.54, 1.807) is 0 Å². The number of urea groups is 1. The molecule has 1 saturated heterocycles. The Hall–Kier alpha value is -1.26. The number of nitrogens with one attached hydrogen (secondary N) is 2. The number of nitrogens with zero attached hydrogens (tertiary/aromatic N) is 1. The van der Waals surface area contributed by atoms with Crippen LogP contribution in [0.2, 0.25) is 0 Å². The lowest BCUT2D eigenvalue weighted by Crippen LogP contribution is -2.45. The highest BCUT2D eigenvalue weighted by Crippen LogP contribution is 2.18. The quantitative estimate of drug-likeness (QED) is 0.741. The molecule has 0 radical (unpaired) electrons. The van der Waals surface area contributed by atoms with Crippen molar-refractivity contribution in [2.45, 2.75) is 51.5 Å². The summed E-state index contributed by atoms with van der Waals surface area (Å²) in [5.41, 5.74) is 0. The second-order valence-electron chi connectivity index (χ2n) is 5.87. The molecule has 0 bridgehead atoms. The van der Waals surface area contributed by atoms with Gasteiger partial charge in [-0.3, -0.25) is 4.79 Å². The van der Waals surface area contributed by atoms with E-state index in [0.717, 1.165) is 32.4 Å². The lowest BCUT2D eigenvalue weighted by atomic mass is 10.0. The molecule has 1 unspecified atom stereocenters. The second kappa shape index (κ2) is 6.78. The van der Waals surface area contributed by atoms with E-state index in [4.69, 9.17) is 0 Å². The average Bonchev–Trinajstić information content (AvgIpc) is 3.18. The van der Waals surface area contributed by atoms with Crippen LogP contribution >= 0.6 is 0 Å². The minimum Gasteiger partial charge on any atom is -0.353 e. The van der Waals surface area contributed by atoms with Crippen LogP contribution in [0, 0.1) is 5.92 Å². The molecular weight excluding hydrogens is 242 g/mol. The van der Waals surface area contributed by atoms with Gasteiger partial charge in [0.2, 0.25) is 5.91 Å². The molecule has 1 aliphatic carbocycles. The monoisotopic (exact) mass is 267 g/mol. The van der Waals surface area contributed by atoms with Crippen molar-refractivity contribution in [2.75, 3.05) is 19.6 Å². The molecule has 2 rings (SSSR count). The Balaban J connectivity index is 1.54. The van der Waals surface area contributed by atoms with Gasteiger partial charge in [0.05, 0.1) is 0 Å². The van der Waals surface area contributed by atoms with E-state index in [1.165, 1.54) is 6.42 Å². The molecule has 3 amide bonds. The first-order valence-electron chi connectivity index (χ1n) is 7.47. The maximum Gasteiger partial charge on any atom is 0.317 e. The first-order chi connectivity index (χ1) is 9.15. The molecule has 19 heavy (non-hydrogen) atoms. The largest absolute Gasteiger partial charge is 0.353 e. The number of rotatable bonds is 5. The van der Waals surface area contributed by atoms with E-state index < -0.39 is 0 Å². The van der Waals surface area contributed by atoms with Gasteiger partial charge in [-0.15, -0.1) is 0 Å². The minimum atomic E-state index is 0.0224. The van der Waals surface area contributed by atoms with E-state index in [-0.39, 0.29) is 11.9 Å². The summed E-state index contributed by atoms with van der Waals surface area (Å²) in [7, 11) is 0. The third-order valence-electron chi connectivity index (χ3n) is 3.74. The van der Waals surface area contributed by atoms with Crippen LogP contribution in [-0.4, -0.2) is 42.5 Å². The molecule has 5 nitrogen and oxygen atoms in total.